The zero-order chi connectivity index (χ0) is 18.6. The van der Waals surface area contributed by atoms with Crippen molar-refractivity contribution in [1.82, 2.24) is 15.1 Å². The summed E-state index contributed by atoms with van der Waals surface area (Å²) in [5.74, 6) is 8.87. The van der Waals surface area contributed by atoms with Gasteiger partial charge in [-0.1, -0.05) is 18.1 Å². The summed E-state index contributed by atoms with van der Waals surface area (Å²) < 4.78 is 12.6. The summed E-state index contributed by atoms with van der Waals surface area (Å²) >= 11 is 0. The summed E-state index contributed by atoms with van der Waals surface area (Å²) in [6.07, 6.45) is 9.69. The van der Waals surface area contributed by atoms with E-state index in [0.717, 1.165) is 42.3 Å². The summed E-state index contributed by atoms with van der Waals surface area (Å²) in [7, 11) is 3.27. The van der Waals surface area contributed by atoms with Crippen molar-refractivity contribution in [2.45, 2.75) is 13.0 Å². The van der Waals surface area contributed by atoms with E-state index in [0.29, 0.717) is 11.8 Å². The molecule has 0 bridgehead atoms. The Morgan fingerprint density at radius 2 is 2.00 bits per heavy atom. The van der Waals surface area contributed by atoms with Gasteiger partial charge >= 0.3 is 0 Å². The largest absolute Gasteiger partial charge is 0.497 e. The van der Waals surface area contributed by atoms with Gasteiger partial charge in [-0.2, -0.15) is 5.10 Å². The summed E-state index contributed by atoms with van der Waals surface area (Å²) in [6.45, 7) is 1.90. The molecule has 1 aliphatic heterocycles. The van der Waals surface area contributed by atoms with Gasteiger partial charge in [-0.05, 0) is 36.6 Å². The van der Waals surface area contributed by atoms with Crippen LogP contribution in [0.25, 0.3) is 0 Å². The monoisotopic (exact) mass is 361 g/mol. The maximum absolute atomic E-state index is 5.29. The summed E-state index contributed by atoms with van der Waals surface area (Å²) in [5.41, 5.74) is 2.97. The van der Waals surface area contributed by atoms with Crippen LogP contribution >= 0.6 is 0 Å². The van der Waals surface area contributed by atoms with E-state index in [1.54, 1.807) is 14.2 Å². The smallest absolute Gasteiger partial charge is 0.135 e. The maximum Gasteiger partial charge on any atom is 0.135 e. The molecule has 1 saturated heterocycles. The lowest BCUT2D eigenvalue weighted by Crippen LogP contribution is -2.19. The van der Waals surface area contributed by atoms with Crippen molar-refractivity contribution in [3.63, 3.8) is 0 Å². The van der Waals surface area contributed by atoms with Gasteiger partial charge in [-0.25, -0.2) is 0 Å². The van der Waals surface area contributed by atoms with Crippen LogP contribution in [0.4, 0.5) is 0 Å². The molecule has 0 spiro atoms. The number of hydrogen-bond donors (Lipinski definition) is 1. The van der Waals surface area contributed by atoms with Crippen molar-refractivity contribution in [1.29, 1.82) is 0 Å². The molecule has 0 saturated carbocycles. The van der Waals surface area contributed by atoms with Crippen LogP contribution in [0.15, 0.2) is 54.4 Å². The van der Waals surface area contributed by atoms with Crippen LogP contribution in [-0.4, -0.2) is 30.5 Å². The molecule has 0 amide bonds. The van der Waals surface area contributed by atoms with E-state index < -0.39 is 0 Å². The number of nitrogens with one attached hydrogen (secondary N) is 1. The molecular formula is C22H23N3O2. The maximum atomic E-state index is 5.29. The molecule has 2 unspecified atom stereocenters. The van der Waals surface area contributed by atoms with Crippen LogP contribution < -0.4 is 14.8 Å². The highest BCUT2D eigenvalue weighted by Gasteiger charge is 2.31. The molecule has 2 heterocycles. The highest BCUT2D eigenvalue weighted by molar-refractivity contribution is 5.48. The number of ether oxygens (including phenoxy) is 2. The molecule has 4 rings (SSSR count). The Labute approximate surface area is 159 Å². The summed E-state index contributed by atoms with van der Waals surface area (Å²) in [6, 6.07) is 7.57. The third-order valence-electron chi connectivity index (χ3n) is 5.09. The quantitative estimate of drug-likeness (QED) is 0.851. The second kappa shape index (κ2) is 7.63. The molecule has 1 aromatic carbocycles. The van der Waals surface area contributed by atoms with Crippen molar-refractivity contribution in [2.24, 2.45) is 11.8 Å². The second-order valence-electron chi connectivity index (χ2n) is 6.81. The molecule has 0 radical (unpaired) electrons. The molecule has 5 nitrogen and oxygen atoms in total. The number of fused-ring (bicyclic) bond motifs is 1. The summed E-state index contributed by atoms with van der Waals surface area (Å²) in [4.78, 5) is 0. The van der Waals surface area contributed by atoms with E-state index in [2.05, 4.69) is 40.5 Å². The van der Waals surface area contributed by atoms with Crippen molar-refractivity contribution >= 4 is 0 Å². The number of benzene rings is 1. The SMILES string of the molecule is COc1cc(C#Cc2ccn(CC3CNC4=CC=CCC43)n2)cc(OC)c1. The predicted molar refractivity (Wildman–Crippen MR) is 105 cm³/mol. The zero-order valence-electron chi connectivity index (χ0n) is 15.6. The van der Waals surface area contributed by atoms with Crippen LogP contribution in [0.5, 0.6) is 11.5 Å². The van der Waals surface area contributed by atoms with Crippen molar-refractivity contribution in [3.05, 3.63) is 65.6 Å². The van der Waals surface area contributed by atoms with Gasteiger partial charge < -0.3 is 14.8 Å². The first-order valence-electron chi connectivity index (χ1n) is 9.14. The van der Waals surface area contributed by atoms with Gasteiger partial charge in [0.1, 0.15) is 17.2 Å². The molecule has 1 aromatic heterocycles. The molecule has 1 N–H and O–H groups in total. The third kappa shape index (κ3) is 3.85. The fourth-order valence-electron chi connectivity index (χ4n) is 3.65. The lowest BCUT2D eigenvalue weighted by molar-refractivity contribution is 0.366. The predicted octanol–water partition coefficient (Wildman–Crippen LogP) is 2.98. The van der Waals surface area contributed by atoms with Crippen LogP contribution in [0, 0.1) is 23.7 Å². The van der Waals surface area contributed by atoms with E-state index >= 15 is 0 Å². The van der Waals surface area contributed by atoms with Crippen LogP contribution in [0.1, 0.15) is 17.7 Å². The van der Waals surface area contributed by atoms with Crippen LogP contribution in [0.2, 0.25) is 0 Å². The molecule has 138 valence electrons. The van der Waals surface area contributed by atoms with Crippen molar-refractivity contribution in [2.75, 3.05) is 20.8 Å². The number of rotatable bonds is 4. The first kappa shape index (κ1) is 17.3. The average Bonchev–Trinajstić information content (AvgIpc) is 3.33. The molecule has 2 aromatic rings. The van der Waals surface area contributed by atoms with Crippen molar-refractivity contribution < 1.29 is 9.47 Å². The van der Waals surface area contributed by atoms with Gasteiger partial charge in [0.25, 0.3) is 0 Å². The highest BCUT2D eigenvalue weighted by Crippen LogP contribution is 2.32. The number of allylic oxidation sites excluding steroid dienone is 4. The minimum absolute atomic E-state index is 0.560. The minimum atomic E-state index is 0.560. The Hall–Kier alpha value is -3.13. The first-order valence-corrected chi connectivity index (χ1v) is 9.14. The molecule has 27 heavy (non-hydrogen) atoms. The zero-order valence-corrected chi connectivity index (χ0v) is 15.6. The van der Waals surface area contributed by atoms with E-state index in [9.17, 15) is 0 Å². The van der Waals surface area contributed by atoms with Gasteiger partial charge in [-0.15, -0.1) is 0 Å². The van der Waals surface area contributed by atoms with E-state index in [1.165, 1.54) is 5.70 Å². The van der Waals surface area contributed by atoms with E-state index in [1.807, 2.05) is 35.1 Å². The average molecular weight is 361 g/mol. The van der Waals surface area contributed by atoms with Crippen LogP contribution in [0.3, 0.4) is 0 Å². The molecule has 5 heteroatoms. The van der Waals surface area contributed by atoms with Gasteiger partial charge in [0.05, 0.1) is 14.2 Å². The van der Waals surface area contributed by atoms with E-state index in [4.69, 9.17) is 9.47 Å². The third-order valence-corrected chi connectivity index (χ3v) is 5.09. The lowest BCUT2D eigenvalue weighted by atomic mass is 9.88. The Balaban J connectivity index is 1.46. The Morgan fingerprint density at radius 1 is 1.19 bits per heavy atom. The van der Waals surface area contributed by atoms with Gasteiger partial charge in [0.2, 0.25) is 0 Å². The Bertz CT molecular complexity index is 924. The number of methoxy groups -OCH3 is 2. The summed E-state index contributed by atoms with van der Waals surface area (Å²) in [5, 5.41) is 8.15. The topological polar surface area (TPSA) is 48.3 Å². The number of aromatic nitrogens is 2. The van der Waals surface area contributed by atoms with E-state index in [-0.39, 0.29) is 0 Å². The first-order chi connectivity index (χ1) is 13.2. The molecule has 2 atom stereocenters. The van der Waals surface area contributed by atoms with Gasteiger partial charge in [0.15, 0.2) is 0 Å². The normalized spacial score (nSPS) is 20.1. The van der Waals surface area contributed by atoms with Gasteiger partial charge in [-0.3, -0.25) is 4.68 Å². The van der Waals surface area contributed by atoms with Gasteiger partial charge in [0, 0.05) is 48.4 Å². The minimum Gasteiger partial charge on any atom is -0.497 e. The Morgan fingerprint density at radius 3 is 2.78 bits per heavy atom. The second-order valence-corrected chi connectivity index (χ2v) is 6.81. The molecular weight excluding hydrogens is 338 g/mol. The van der Waals surface area contributed by atoms with Crippen molar-refractivity contribution in [3.8, 4) is 23.3 Å². The van der Waals surface area contributed by atoms with Crippen LogP contribution in [-0.2, 0) is 6.54 Å². The highest BCUT2D eigenvalue weighted by atomic mass is 16.5. The Kier molecular flexibility index (Phi) is 4.88. The molecule has 1 aliphatic carbocycles. The standard InChI is InChI=1S/C22H23N3O2/c1-26-19-11-16(12-20(13-19)27-2)7-8-18-9-10-25(24-18)15-17-14-23-22-6-4-3-5-21(17)22/h3-4,6,9-13,17,21,23H,5,14-15H2,1-2H3. The molecule has 1 fully saturated rings. The fourth-order valence-corrected chi connectivity index (χ4v) is 3.65. The molecule has 2 aliphatic rings. The number of hydrogen-bond acceptors (Lipinski definition) is 4. The fraction of sp³-hybridized carbons (Fsp3) is 0.318. The lowest BCUT2D eigenvalue weighted by Gasteiger charge is -2.19. The number of nitrogens with zero attached hydrogens (tertiary/aromatic N) is 2.